The van der Waals surface area contributed by atoms with Crippen LogP contribution < -0.4 is 4.74 Å². The molecular formula is C13H16Cl2O3S. The lowest BCUT2D eigenvalue weighted by Crippen LogP contribution is -2.24. The standard InChI is InChI=1S/C13H16Cl2O3S/c1-9-3-2-4-10(7-9)18-13-6-5-11(8-12(13)14)19(15,16)17/h5-6,8-10H,2-4,7H2,1H3. The Labute approximate surface area is 123 Å². The van der Waals surface area contributed by atoms with E-state index in [4.69, 9.17) is 27.0 Å². The van der Waals surface area contributed by atoms with Gasteiger partial charge in [-0.3, -0.25) is 0 Å². The molecule has 0 aliphatic heterocycles. The molecule has 1 saturated carbocycles. The molecule has 2 atom stereocenters. The third kappa shape index (κ3) is 4.01. The molecule has 106 valence electrons. The summed E-state index contributed by atoms with van der Waals surface area (Å²) in [6.45, 7) is 2.21. The van der Waals surface area contributed by atoms with Gasteiger partial charge in [-0.15, -0.1) is 0 Å². The minimum Gasteiger partial charge on any atom is -0.489 e. The summed E-state index contributed by atoms with van der Waals surface area (Å²) in [5.41, 5.74) is 0. The number of rotatable bonds is 3. The Morgan fingerprint density at radius 3 is 2.63 bits per heavy atom. The van der Waals surface area contributed by atoms with Crippen LogP contribution in [0.3, 0.4) is 0 Å². The van der Waals surface area contributed by atoms with Crippen LogP contribution in [-0.4, -0.2) is 14.5 Å². The van der Waals surface area contributed by atoms with Gasteiger partial charge in [-0.1, -0.05) is 24.9 Å². The molecule has 2 unspecified atom stereocenters. The lowest BCUT2D eigenvalue weighted by atomic mass is 9.89. The summed E-state index contributed by atoms with van der Waals surface area (Å²) < 4.78 is 28.2. The summed E-state index contributed by atoms with van der Waals surface area (Å²) in [5, 5.41) is 0.278. The lowest BCUT2D eigenvalue weighted by Gasteiger charge is -2.27. The second-order valence-corrected chi connectivity index (χ2v) is 8.01. The largest absolute Gasteiger partial charge is 0.489 e. The van der Waals surface area contributed by atoms with Gasteiger partial charge in [0.2, 0.25) is 0 Å². The molecule has 0 spiro atoms. The first-order valence-corrected chi connectivity index (χ1v) is 8.96. The first-order chi connectivity index (χ1) is 8.86. The maximum Gasteiger partial charge on any atom is 0.261 e. The van der Waals surface area contributed by atoms with Crippen molar-refractivity contribution in [1.29, 1.82) is 0 Å². The normalized spacial score (nSPS) is 24.2. The van der Waals surface area contributed by atoms with Crippen molar-refractivity contribution >= 4 is 31.3 Å². The summed E-state index contributed by atoms with van der Waals surface area (Å²) in [5.74, 6) is 1.17. The maximum absolute atomic E-state index is 11.2. The molecule has 0 saturated heterocycles. The van der Waals surface area contributed by atoms with E-state index >= 15 is 0 Å². The molecule has 1 aliphatic rings. The molecule has 1 aromatic rings. The van der Waals surface area contributed by atoms with Crippen LogP contribution in [0.2, 0.25) is 5.02 Å². The van der Waals surface area contributed by atoms with Gasteiger partial charge >= 0.3 is 0 Å². The molecule has 0 aromatic heterocycles. The predicted molar refractivity (Wildman–Crippen MR) is 76.5 cm³/mol. The van der Waals surface area contributed by atoms with Gasteiger partial charge in [0.05, 0.1) is 16.0 Å². The predicted octanol–water partition coefficient (Wildman–Crippen LogP) is 4.23. The van der Waals surface area contributed by atoms with Crippen molar-refractivity contribution in [3.63, 3.8) is 0 Å². The molecule has 1 fully saturated rings. The second-order valence-electron chi connectivity index (χ2n) is 5.04. The Morgan fingerprint density at radius 2 is 2.05 bits per heavy atom. The average molecular weight is 323 g/mol. The molecular weight excluding hydrogens is 307 g/mol. The molecule has 2 rings (SSSR count). The molecule has 1 aromatic carbocycles. The van der Waals surface area contributed by atoms with Crippen LogP contribution in [0.25, 0.3) is 0 Å². The fraction of sp³-hybridized carbons (Fsp3) is 0.538. The fourth-order valence-corrected chi connectivity index (χ4v) is 3.46. The molecule has 0 amide bonds. The minimum absolute atomic E-state index is 0.0106. The smallest absolute Gasteiger partial charge is 0.261 e. The van der Waals surface area contributed by atoms with Gasteiger partial charge in [0.1, 0.15) is 5.75 Å². The zero-order valence-electron chi connectivity index (χ0n) is 10.6. The number of hydrogen-bond donors (Lipinski definition) is 0. The molecule has 6 heteroatoms. The highest BCUT2D eigenvalue weighted by Gasteiger charge is 2.21. The van der Waals surface area contributed by atoms with Gasteiger partial charge in [-0.25, -0.2) is 8.42 Å². The van der Waals surface area contributed by atoms with E-state index in [-0.39, 0.29) is 16.0 Å². The highest BCUT2D eigenvalue weighted by atomic mass is 35.7. The van der Waals surface area contributed by atoms with Gasteiger partial charge in [-0.05, 0) is 43.4 Å². The summed E-state index contributed by atoms with van der Waals surface area (Å²) in [4.78, 5) is -0.0106. The zero-order chi connectivity index (χ0) is 14.0. The Hall–Kier alpha value is -0.450. The highest BCUT2D eigenvalue weighted by molar-refractivity contribution is 8.13. The molecule has 0 N–H and O–H groups in total. The van der Waals surface area contributed by atoms with E-state index in [1.165, 1.54) is 18.6 Å². The number of benzene rings is 1. The second kappa shape index (κ2) is 5.90. The average Bonchev–Trinajstić information content (AvgIpc) is 2.30. The van der Waals surface area contributed by atoms with Crippen LogP contribution in [0.4, 0.5) is 0 Å². The van der Waals surface area contributed by atoms with Crippen molar-refractivity contribution in [2.24, 2.45) is 5.92 Å². The maximum atomic E-state index is 11.2. The topological polar surface area (TPSA) is 43.4 Å². The van der Waals surface area contributed by atoms with E-state index in [0.717, 1.165) is 19.3 Å². The summed E-state index contributed by atoms with van der Waals surface area (Å²) >= 11 is 6.04. The molecule has 0 heterocycles. The zero-order valence-corrected chi connectivity index (χ0v) is 12.9. The first-order valence-electron chi connectivity index (χ1n) is 6.27. The van der Waals surface area contributed by atoms with Crippen LogP contribution in [0.5, 0.6) is 5.75 Å². The van der Waals surface area contributed by atoms with Gasteiger partial charge in [-0.2, -0.15) is 0 Å². The number of hydrogen-bond acceptors (Lipinski definition) is 3. The lowest BCUT2D eigenvalue weighted by molar-refractivity contribution is 0.129. The van der Waals surface area contributed by atoms with E-state index in [1.807, 2.05) is 0 Å². The van der Waals surface area contributed by atoms with E-state index in [1.54, 1.807) is 6.07 Å². The van der Waals surface area contributed by atoms with Crippen molar-refractivity contribution in [1.82, 2.24) is 0 Å². The number of ether oxygens (including phenoxy) is 1. The van der Waals surface area contributed by atoms with Crippen LogP contribution >= 0.6 is 22.3 Å². The minimum atomic E-state index is -3.75. The fourth-order valence-electron chi connectivity index (χ4n) is 2.39. The Morgan fingerprint density at radius 1 is 1.32 bits per heavy atom. The van der Waals surface area contributed by atoms with E-state index in [2.05, 4.69) is 6.92 Å². The van der Waals surface area contributed by atoms with Crippen molar-refractivity contribution in [3.05, 3.63) is 23.2 Å². The van der Waals surface area contributed by atoms with E-state index in [9.17, 15) is 8.42 Å². The number of halogens is 2. The van der Waals surface area contributed by atoms with Crippen LogP contribution in [0, 0.1) is 5.92 Å². The third-order valence-electron chi connectivity index (χ3n) is 3.37. The van der Waals surface area contributed by atoms with Crippen molar-refractivity contribution in [2.45, 2.75) is 43.6 Å². The van der Waals surface area contributed by atoms with Crippen LogP contribution in [0.15, 0.2) is 23.1 Å². The molecule has 0 radical (unpaired) electrons. The monoisotopic (exact) mass is 322 g/mol. The summed E-state index contributed by atoms with van der Waals surface area (Å²) in [6.07, 6.45) is 4.55. The van der Waals surface area contributed by atoms with Gasteiger partial charge in [0, 0.05) is 10.7 Å². The van der Waals surface area contributed by atoms with E-state index in [0.29, 0.717) is 11.7 Å². The SMILES string of the molecule is CC1CCCC(Oc2ccc(S(=O)(=O)Cl)cc2Cl)C1. The van der Waals surface area contributed by atoms with Crippen LogP contribution in [-0.2, 0) is 9.05 Å². The first kappa shape index (κ1) is 14.9. The Bertz CT molecular complexity index is 557. The van der Waals surface area contributed by atoms with Gasteiger partial charge < -0.3 is 4.74 Å². The quantitative estimate of drug-likeness (QED) is 0.782. The summed E-state index contributed by atoms with van der Waals surface area (Å²) in [6, 6.07) is 4.30. The molecule has 19 heavy (non-hydrogen) atoms. The summed E-state index contributed by atoms with van der Waals surface area (Å²) in [7, 11) is 1.51. The van der Waals surface area contributed by atoms with Crippen molar-refractivity contribution in [2.75, 3.05) is 0 Å². The molecule has 1 aliphatic carbocycles. The third-order valence-corrected chi connectivity index (χ3v) is 5.01. The van der Waals surface area contributed by atoms with Gasteiger partial charge in [0.15, 0.2) is 0 Å². The van der Waals surface area contributed by atoms with Crippen molar-refractivity contribution < 1.29 is 13.2 Å². The van der Waals surface area contributed by atoms with E-state index < -0.39 is 9.05 Å². The molecule has 0 bridgehead atoms. The molecule has 3 nitrogen and oxygen atoms in total. The van der Waals surface area contributed by atoms with Gasteiger partial charge in [0.25, 0.3) is 9.05 Å². The van der Waals surface area contributed by atoms with Crippen molar-refractivity contribution in [3.8, 4) is 5.75 Å². The Balaban J connectivity index is 2.13. The Kier molecular flexibility index (Phi) is 4.64. The van der Waals surface area contributed by atoms with Crippen LogP contribution in [0.1, 0.15) is 32.6 Å². The highest BCUT2D eigenvalue weighted by Crippen LogP contribution is 2.33.